The normalized spacial score (nSPS) is 22.5. The average molecular weight is 547 g/mol. The molecule has 2 unspecified atom stereocenters. The Morgan fingerprint density at radius 2 is 1.55 bits per heavy atom. The maximum atomic E-state index is 9.55. The molecule has 0 radical (unpaired) electrons. The van der Waals surface area contributed by atoms with E-state index in [1.54, 1.807) is 0 Å². The first kappa shape index (κ1) is 29.2. The first-order valence-electron chi connectivity index (χ1n) is 13.7. The predicted octanol–water partition coefficient (Wildman–Crippen LogP) is 3.48. The number of carboxylic acids is 2. The van der Waals surface area contributed by atoms with Gasteiger partial charge in [0.25, 0.3) is 0 Å². The van der Waals surface area contributed by atoms with Gasteiger partial charge in [-0.05, 0) is 37.2 Å². The van der Waals surface area contributed by atoms with Gasteiger partial charge in [0.2, 0.25) is 0 Å². The monoisotopic (exact) mass is 546 g/mol. The van der Waals surface area contributed by atoms with Crippen molar-refractivity contribution in [2.75, 3.05) is 59.5 Å². The van der Waals surface area contributed by atoms with E-state index in [1.807, 2.05) is 0 Å². The standard InChI is InChI=1S/C27H34N4O.C4H4O4/c1-29-15-17-30(18-16-29)13-8-14-31-27(23-11-6-3-7-12-23)25-21-32-20-24(26(25)28-31)19-22-9-4-2-5-10-22;5-3(6)1-2-4(7)8/h2-7,9-12,19,25,27H,8,13-18,20-21H2,1H3;1-2H,(H,5,6)(H,7,8)/b24-19+;2-1-. The van der Waals surface area contributed by atoms with Crippen molar-refractivity contribution in [3.8, 4) is 0 Å². The third-order valence-electron chi connectivity index (χ3n) is 7.28. The lowest BCUT2D eigenvalue weighted by molar-refractivity contribution is -0.134. The van der Waals surface area contributed by atoms with E-state index in [-0.39, 0.29) is 12.0 Å². The van der Waals surface area contributed by atoms with E-state index in [0.717, 1.165) is 26.1 Å². The predicted molar refractivity (Wildman–Crippen MR) is 155 cm³/mol. The van der Waals surface area contributed by atoms with E-state index in [2.05, 4.69) is 88.6 Å². The molecule has 3 aliphatic rings. The lowest BCUT2D eigenvalue weighted by atomic mass is 9.85. The van der Waals surface area contributed by atoms with Gasteiger partial charge in [-0.15, -0.1) is 0 Å². The molecule has 3 aliphatic heterocycles. The SMILES string of the molecule is CN1CCN(CCCN2N=C3/C(=C/c4ccccc4)COCC3C2c2ccccc2)CC1.O=C(O)/C=C\C(=O)O. The van der Waals surface area contributed by atoms with Gasteiger partial charge in [-0.25, -0.2) is 9.59 Å². The summed E-state index contributed by atoms with van der Waals surface area (Å²) in [6, 6.07) is 21.6. The number of benzene rings is 2. The van der Waals surface area contributed by atoms with Crippen LogP contribution < -0.4 is 0 Å². The number of fused-ring (bicyclic) bond motifs is 1. The fourth-order valence-corrected chi connectivity index (χ4v) is 5.25. The molecule has 9 heteroatoms. The molecule has 2 atom stereocenters. The van der Waals surface area contributed by atoms with Crippen LogP contribution in [0.5, 0.6) is 0 Å². The molecular formula is C31H38N4O5. The Hall–Kier alpha value is -3.79. The van der Waals surface area contributed by atoms with E-state index in [9.17, 15) is 9.59 Å². The summed E-state index contributed by atoms with van der Waals surface area (Å²) in [4.78, 5) is 24.1. The quantitative estimate of drug-likeness (QED) is 0.485. The molecule has 0 spiro atoms. The van der Waals surface area contributed by atoms with E-state index in [0.29, 0.717) is 18.8 Å². The minimum absolute atomic E-state index is 0.248. The van der Waals surface area contributed by atoms with Crippen molar-refractivity contribution in [3.05, 3.63) is 89.5 Å². The molecule has 9 nitrogen and oxygen atoms in total. The van der Waals surface area contributed by atoms with Crippen LogP contribution in [-0.4, -0.2) is 102 Å². The van der Waals surface area contributed by atoms with Crippen molar-refractivity contribution in [3.63, 3.8) is 0 Å². The summed E-state index contributed by atoms with van der Waals surface area (Å²) in [6.07, 6.45) is 4.50. The maximum absolute atomic E-state index is 9.55. The van der Waals surface area contributed by atoms with Gasteiger partial charge in [0.1, 0.15) is 0 Å². The van der Waals surface area contributed by atoms with Crippen LogP contribution in [0.15, 0.2) is 83.5 Å². The minimum Gasteiger partial charge on any atom is -0.478 e. The highest BCUT2D eigenvalue weighted by Gasteiger charge is 2.41. The summed E-state index contributed by atoms with van der Waals surface area (Å²) >= 11 is 0. The Bertz CT molecular complexity index is 1190. The first-order valence-corrected chi connectivity index (χ1v) is 13.7. The zero-order valence-electron chi connectivity index (χ0n) is 22.9. The van der Waals surface area contributed by atoms with Crippen LogP contribution in [0.1, 0.15) is 23.6 Å². The molecule has 3 heterocycles. The smallest absolute Gasteiger partial charge is 0.328 e. The van der Waals surface area contributed by atoms with Crippen molar-refractivity contribution in [1.82, 2.24) is 14.8 Å². The third-order valence-corrected chi connectivity index (χ3v) is 7.28. The number of aliphatic carboxylic acids is 2. The fraction of sp³-hybridized carbons (Fsp3) is 0.387. The van der Waals surface area contributed by atoms with Gasteiger partial charge in [0.15, 0.2) is 0 Å². The van der Waals surface area contributed by atoms with Gasteiger partial charge in [0.05, 0.1) is 30.9 Å². The summed E-state index contributed by atoms with van der Waals surface area (Å²) in [7, 11) is 2.21. The third kappa shape index (κ3) is 8.35. The van der Waals surface area contributed by atoms with Crippen LogP contribution in [0, 0.1) is 5.92 Å². The Labute approximate surface area is 235 Å². The topological polar surface area (TPSA) is 106 Å². The summed E-state index contributed by atoms with van der Waals surface area (Å²) in [6.45, 7) is 8.19. The number of piperazine rings is 1. The van der Waals surface area contributed by atoms with Crippen molar-refractivity contribution in [2.45, 2.75) is 12.5 Å². The number of hydrazone groups is 1. The number of nitrogens with zero attached hydrogens (tertiary/aromatic N) is 4. The fourth-order valence-electron chi connectivity index (χ4n) is 5.25. The summed E-state index contributed by atoms with van der Waals surface area (Å²) < 4.78 is 6.09. The number of rotatable bonds is 8. The van der Waals surface area contributed by atoms with E-state index in [1.165, 1.54) is 48.6 Å². The molecule has 212 valence electrons. The lowest BCUT2D eigenvalue weighted by Gasteiger charge is -2.33. The van der Waals surface area contributed by atoms with E-state index >= 15 is 0 Å². The van der Waals surface area contributed by atoms with Crippen LogP contribution in [0.4, 0.5) is 0 Å². The molecular weight excluding hydrogens is 508 g/mol. The van der Waals surface area contributed by atoms with Gasteiger partial charge in [-0.1, -0.05) is 60.7 Å². The minimum atomic E-state index is -1.26. The van der Waals surface area contributed by atoms with Crippen LogP contribution in [0.2, 0.25) is 0 Å². The molecule has 2 N–H and O–H groups in total. The second kappa shape index (κ2) is 14.6. The van der Waals surface area contributed by atoms with Crippen molar-refractivity contribution >= 4 is 23.7 Å². The molecule has 0 amide bonds. The zero-order valence-corrected chi connectivity index (χ0v) is 22.9. The molecule has 5 rings (SSSR count). The Kier molecular flexibility index (Phi) is 10.6. The molecule has 2 saturated heterocycles. The van der Waals surface area contributed by atoms with Gasteiger partial charge in [-0.2, -0.15) is 5.10 Å². The zero-order chi connectivity index (χ0) is 28.3. The Morgan fingerprint density at radius 1 is 0.925 bits per heavy atom. The molecule has 40 heavy (non-hydrogen) atoms. The number of ether oxygens (including phenoxy) is 1. The molecule has 2 fully saturated rings. The van der Waals surface area contributed by atoms with Crippen LogP contribution in [0.3, 0.4) is 0 Å². The molecule has 0 aromatic heterocycles. The summed E-state index contributed by atoms with van der Waals surface area (Å²) in [5, 5.41) is 23.2. The second-order valence-electron chi connectivity index (χ2n) is 10.2. The summed E-state index contributed by atoms with van der Waals surface area (Å²) in [5.41, 5.74) is 4.98. The van der Waals surface area contributed by atoms with Gasteiger partial charge in [-0.3, -0.25) is 5.01 Å². The Balaban J connectivity index is 0.000000406. The van der Waals surface area contributed by atoms with Crippen LogP contribution in [-0.2, 0) is 14.3 Å². The van der Waals surface area contributed by atoms with E-state index < -0.39 is 11.9 Å². The maximum Gasteiger partial charge on any atom is 0.328 e. The highest BCUT2D eigenvalue weighted by Crippen LogP contribution is 2.40. The molecule has 2 aromatic carbocycles. The number of hydrogen-bond donors (Lipinski definition) is 2. The van der Waals surface area contributed by atoms with Crippen molar-refractivity contribution in [2.24, 2.45) is 11.0 Å². The van der Waals surface area contributed by atoms with E-state index in [4.69, 9.17) is 20.1 Å². The summed E-state index contributed by atoms with van der Waals surface area (Å²) in [5.74, 6) is -2.23. The largest absolute Gasteiger partial charge is 0.478 e. The number of carboxylic acid groups (broad SMARTS) is 2. The van der Waals surface area contributed by atoms with Crippen molar-refractivity contribution < 1.29 is 24.5 Å². The van der Waals surface area contributed by atoms with Gasteiger partial charge < -0.3 is 24.7 Å². The van der Waals surface area contributed by atoms with Crippen LogP contribution in [0.25, 0.3) is 6.08 Å². The van der Waals surface area contributed by atoms with Crippen LogP contribution >= 0.6 is 0 Å². The number of hydrogen-bond acceptors (Lipinski definition) is 7. The highest BCUT2D eigenvalue weighted by atomic mass is 16.5. The lowest BCUT2D eigenvalue weighted by Crippen LogP contribution is -2.45. The van der Waals surface area contributed by atoms with Gasteiger partial charge in [0, 0.05) is 50.4 Å². The second-order valence-corrected chi connectivity index (χ2v) is 10.2. The van der Waals surface area contributed by atoms with Crippen molar-refractivity contribution in [1.29, 1.82) is 0 Å². The first-order chi connectivity index (χ1) is 19.4. The molecule has 0 bridgehead atoms. The van der Waals surface area contributed by atoms with Gasteiger partial charge >= 0.3 is 11.9 Å². The average Bonchev–Trinajstić information content (AvgIpc) is 3.34. The molecule has 0 aliphatic carbocycles. The molecule has 2 aromatic rings. The Morgan fingerprint density at radius 3 is 2.17 bits per heavy atom. The highest BCUT2D eigenvalue weighted by molar-refractivity contribution is 6.07. The number of likely N-dealkylation sites (N-methyl/N-ethyl adjacent to an activating group) is 1. The molecule has 0 saturated carbocycles. The number of carbonyl (C=O) groups is 2.